The summed E-state index contributed by atoms with van der Waals surface area (Å²) in [7, 11) is 0. The Bertz CT molecular complexity index is 487. The van der Waals surface area contributed by atoms with Crippen LogP contribution >= 0.6 is 0 Å². The number of ether oxygens (including phenoxy) is 1. The van der Waals surface area contributed by atoms with Gasteiger partial charge < -0.3 is 9.84 Å². The minimum atomic E-state index is -0.721. The van der Waals surface area contributed by atoms with E-state index >= 15 is 0 Å². The topological polar surface area (TPSA) is 46.5 Å². The molecule has 0 amide bonds. The van der Waals surface area contributed by atoms with Gasteiger partial charge in [-0.2, -0.15) is 0 Å². The highest BCUT2D eigenvalue weighted by molar-refractivity contribution is 5.83. The maximum atomic E-state index is 11.9. The number of rotatable bonds is 2. The second-order valence-electron chi connectivity index (χ2n) is 5.69. The largest absolute Gasteiger partial charge is 0.493 e. The predicted molar refractivity (Wildman–Crippen MR) is 72.7 cm³/mol. The van der Waals surface area contributed by atoms with Crippen molar-refractivity contribution in [3.05, 3.63) is 29.3 Å². The first-order valence-corrected chi connectivity index (χ1v) is 7.23. The SMILES string of the molecule is O=C(O)C1(c2cccc3c2OCCC3)CCCCC1. The molecule has 0 atom stereocenters. The van der Waals surface area contributed by atoms with Crippen molar-refractivity contribution in [1.29, 1.82) is 0 Å². The summed E-state index contributed by atoms with van der Waals surface area (Å²) in [6.07, 6.45) is 6.64. The monoisotopic (exact) mass is 260 g/mol. The number of hydrogen-bond acceptors (Lipinski definition) is 2. The molecule has 1 aliphatic heterocycles. The number of carboxylic acids is 1. The minimum absolute atomic E-state index is 0.685. The third kappa shape index (κ3) is 2.01. The average molecular weight is 260 g/mol. The highest BCUT2D eigenvalue weighted by Gasteiger charge is 2.43. The average Bonchev–Trinajstić information content (AvgIpc) is 2.47. The van der Waals surface area contributed by atoms with Crippen LogP contribution in [0.25, 0.3) is 0 Å². The molecule has 0 unspecified atom stereocenters. The number of fused-ring (bicyclic) bond motifs is 1. The Balaban J connectivity index is 2.10. The van der Waals surface area contributed by atoms with Crippen LogP contribution in [0.1, 0.15) is 49.7 Å². The summed E-state index contributed by atoms with van der Waals surface area (Å²) in [5, 5.41) is 9.79. The molecule has 2 aliphatic rings. The van der Waals surface area contributed by atoms with Gasteiger partial charge in [-0.15, -0.1) is 0 Å². The molecule has 0 radical (unpaired) electrons. The van der Waals surface area contributed by atoms with E-state index in [4.69, 9.17) is 4.74 Å². The quantitative estimate of drug-likeness (QED) is 0.887. The molecule has 1 N–H and O–H groups in total. The van der Waals surface area contributed by atoms with Crippen molar-refractivity contribution in [2.75, 3.05) is 6.61 Å². The van der Waals surface area contributed by atoms with E-state index in [1.54, 1.807) is 0 Å². The van der Waals surface area contributed by atoms with Crippen LogP contribution in [0.15, 0.2) is 18.2 Å². The van der Waals surface area contributed by atoms with Crippen LogP contribution in [0.3, 0.4) is 0 Å². The first-order chi connectivity index (χ1) is 9.24. The fourth-order valence-corrected chi connectivity index (χ4v) is 3.52. The van der Waals surface area contributed by atoms with Crippen molar-refractivity contribution in [3.8, 4) is 5.75 Å². The lowest BCUT2D eigenvalue weighted by Crippen LogP contribution is -2.38. The van der Waals surface area contributed by atoms with Gasteiger partial charge in [0.1, 0.15) is 5.75 Å². The highest BCUT2D eigenvalue weighted by atomic mass is 16.5. The zero-order valence-electron chi connectivity index (χ0n) is 11.2. The van der Waals surface area contributed by atoms with Gasteiger partial charge in [0.05, 0.1) is 12.0 Å². The van der Waals surface area contributed by atoms with Gasteiger partial charge in [0.2, 0.25) is 0 Å². The molecule has 1 aliphatic carbocycles. The molecule has 102 valence electrons. The molecular weight excluding hydrogens is 240 g/mol. The lowest BCUT2D eigenvalue weighted by atomic mass is 9.68. The number of carboxylic acid groups (broad SMARTS) is 1. The molecule has 0 bridgehead atoms. The number of aliphatic carboxylic acids is 1. The van der Waals surface area contributed by atoms with Crippen LogP contribution < -0.4 is 4.74 Å². The normalized spacial score (nSPS) is 21.3. The zero-order chi connectivity index (χ0) is 13.3. The third-order valence-electron chi connectivity index (χ3n) is 4.57. The van der Waals surface area contributed by atoms with E-state index < -0.39 is 11.4 Å². The molecule has 1 fully saturated rings. The van der Waals surface area contributed by atoms with Crippen molar-refractivity contribution in [2.24, 2.45) is 0 Å². The summed E-state index contributed by atoms with van der Waals surface area (Å²) in [4.78, 5) is 11.9. The van der Waals surface area contributed by atoms with E-state index in [9.17, 15) is 9.90 Å². The van der Waals surface area contributed by atoms with Crippen LogP contribution in [0.4, 0.5) is 0 Å². The van der Waals surface area contributed by atoms with Gasteiger partial charge in [-0.05, 0) is 31.2 Å². The Labute approximate surface area is 113 Å². The predicted octanol–water partition coefficient (Wildman–Crippen LogP) is 3.30. The summed E-state index contributed by atoms with van der Waals surface area (Å²) < 4.78 is 5.82. The van der Waals surface area contributed by atoms with Gasteiger partial charge in [0, 0.05) is 5.56 Å². The lowest BCUT2D eigenvalue weighted by Gasteiger charge is -2.36. The van der Waals surface area contributed by atoms with Gasteiger partial charge in [-0.25, -0.2) is 0 Å². The third-order valence-corrected chi connectivity index (χ3v) is 4.57. The van der Waals surface area contributed by atoms with Crippen molar-refractivity contribution in [3.63, 3.8) is 0 Å². The van der Waals surface area contributed by atoms with Gasteiger partial charge in [-0.3, -0.25) is 4.79 Å². The number of para-hydroxylation sites is 1. The van der Waals surface area contributed by atoms with E-state index in [0.29, 0.717) is 6.61 Å². The molecule has 1 aromatic carbocycles. The van der Waals surface area contributed by atoms with Gasteiger partial charge in [0.15, 0.2) is 0 Å². The van der Waals surface area contributed by atoms with Crippen LogP contribution in [-0.4, -0.2) is 17.7 Å². The van der Waals surface area contributed by atoms with E-state index in [2.05, 4.69) is 6.07 Å². The van der Waals surface area contributed by atoms with Gasteiger partial charge >= 0.3 is 5.97 Å². The standard InChI is InChI=1S/C16H20O3/c17-15(18)16(9-2-1-3-10-16)13-8-4-6-12-7-5-11-19-14(12)13/h4,6,8H,1-3,5,7,9-11H2,(H,17,18). The Kier molecular flexibility index (Phi) is 3.21. The fraction of sp³-hybridized carbons (Fsp3) is 0.562. The number of benzene rings is 1. The van der Waals surface area contributed by atoms with Crippen LogP contribution in [0, 0.1) is 0 Å². The molecule has 0 aromatic heterocycles. The molecule has 3 nitrogen and oxygen atoms in total. The fourth-order valence-electron chi connectivity index (χ4n) is 3.52. The summed E-state index contributed by atoms with van der Waals surface area (Å²) in [5.74, 6) is 0.174. The second-order valence-corrected chi connectivity index (χ2v) is 5.69. The molecular formula is C16H20O3. The van der Waals surface area contributed by atoms with Crippen molar-refractivity contribution in [1.82, 2.24) is 0 Å². The molecule has 1 saturated carbocycles. The summed E-state index contributed by atoms with van der Waals surface area (Å²) in [6.45, 7) is 0.708. The number of hydrogen-bond donors (Lipinski definition) is 1. The molecule has 1 aromatic rings. The van der Waals surface area contributed by atoms with E-state index in [1.165, 1.54) is 5.56 Å². The highest BCUT2D eigenvalue weighted by Crippen LogP contribution is 2.45. The van der Waals surface area contributed by atoms with Crippen molar-refractivity contribution >= 4 is 5.97 Å². The molecule has 3 rings (SSSR count). The lowest BCUT2D eigenvalue weighted by molar-refractivity contribution is -0.145. The summed E-state index contributed by atoms with van der Waals surface area (Å²) in [5.41, 5.74) is 1.37. The van der Waals surface area contributed by atoms with Crippen molar-refractivity contribution in [2.45, 2.75) is 50.4 Å². The molecule has 0 saturated heterocycles. The Morgan fingerprint density at radius 3 is 2.68 bits per heavy atom. The van der Waals surface area contributed by atoms with Crippen LogP contribution in [0.2, 0.25) is 0 Å². The van der Waals surface area contributed by atoms with Crippen LogP contribution in [0.5, 0.6) is 5.75 Å². The van der Waals surface area contributed by atoms with E-state index in [1.807, 2.05) is 12.1 Å². The molecule has 3 heteroatoms. The molecule has 0 spiro atoms. The van der Waals surface area contributed by atoms with Crippen molar-refractivity contribution < 1.29 is 14.6 Å². The van der Waals surface area contributed by atoms with Crippen LogP contribution in [-0.2, 0) is 16.6 Å². The second kappa shape index (κ2) is 4.87. The Hall–Kier alpha value is -1.51. The Morgan fingerprint density at radius 1 is 1.16 bits per heavy atom. The first-order valence-electron chi connectivity index (χ1n) is 7.23. The number of aryl methyl sites for hydroxylation is 1. The first kappa shape index (κ1) is 12.5. The zero-order valence-corrected chi connectivity index (χ0v) is 11.2. The van der Waals surface area contributed by atoms with Gasteiger partial charge in [-0.1, -0.05) is 37.5 Å². The minimum Gasteiger partial charge on any atom is -0.493 e. The number of carbonyl (C=O) groups is 1. The Morgan fingerprint density at radius 2 is 1.95 bits per heavy atom. The summed E-state index contributed by atoms with van der Waals surface area (Å²) in [6, 6.07) is 6.02. The van der Waals surface area contributed by atoms with E-state index in [0.717, 1.165) is 56.3 Å². The maximum absolute atomic E-state index is 11.9. The van der Waals surface area contributed by atoms with E-state index in [-0.39, 0.29) is 0 Å². The smallest absolute Gasteiger partial charge is 0.314 e. The summed E-state index contributed by atoms with van der Waals surface area (Å²) >= 11 is 0. The molecule has 1 heterocycles. The molecule has 19 heavy (non-hydrogen) atoms. The van der Waals surface area contributed by atoms with Gasteiger partial charge in [0.25, 0.3) is 0 Å². The maximum Gasteiger partial charge on any atom is 0.314 e.